The molecule has 2 aliphatic heterocycles. The minimum atomic E-state index is -0.0436. The maximum absolute atomic E-state index is 9.83. The SMILES string of the molecule is CCC1(C)c2ccc(C#N)c3ccc4c5c(c[n+](c4c23)C1(C)CC)N(C)CC5(C)C. The number of hydrogen-bond donors (Lipinski definition) is 0. The smallest absolute Gasteiger partial charge is 0.221 e. The van der Waals surface area contributed by atoms with Gasteiger partial charge in [0.05, 0.1) is 27.8 Å². The first kappa shape index (κ1) is 19.4. The van der Waals surface area contributed by atoms with E-state index in [9.17, 15) is 5.26 Å². The van der Waals surface area contributed by atoms with Crippen molar-refractivity contribution in [2.24, 2.45) is 0 Å². The van der Waals surface area contributed by atoms with Gasteiger partial charge in [0.25, 0.3) is 0 Å². The fraction of sp³-hybridized carbons (Fsp3) is 0.481. The van der Waals surface area contributed by atoms with Crippen molar-refractivity contribution in [3.63, 3.8) is 0 Å². The number of anilines is 1. The number of pyridine rings is 1. The maximum Gasteiger partial charge on any atom is 0.221 e. The van der Waals surface area contributed by atoms with Crippen LogP contribution < -0.4 is 9.47 Å². The number of aromatic nitrogens is 1. The van der Waals surface area contributed by atoms with Gasteiger partial charge in [-0.05, 0) is 31.0 Å². The molecule has 0 bridgehead atoms. The van der Waals surface area contributed by atoms with Crippen molar-refractivity contribution in [2.45, 2.75) is 70.8 Å². The van der Waals surface area contributed by atoms with Gasteiger partial charge in [-0.3, -0.25) is 0 Å². The Bertz CT molecular complexity index is 1280. The van der Waals surface area contributed by atoms with E-state index >= 15 is 0 Å². The summed E-state index contributed by atoms with van der Waals surface area (Å²) < 4.78 is 2.58. The second kappa shape index (κ2) is 5.76. The van der Waals surface area contributed by atoms with E-state index in [-0.39, 0.29) is 16.4 Å². The van der Waals surface area contributed by atoms with Crippen LogP contribution in [0.25, 0.3) is 21.7 Å². The topological polar surface area (TPSA) is 30.9 Å². The maximum atomic E-state index is 9.83. The van der Waals surface area contributed by atoms with E-state index in [1.54, 1.807) is 0 Å². The van der Waals surface area contributed by atoms with Gasteiger partial charge in [-0.2, -0.15) is 9.83 Å². The Balaban J connectivity index is 2.12. The third-order valence-electron chi connectivity index (χ3n) is 8.72. The van der Waals surface area contributed by atoms with Crippen LogP contribution in [0.15, 0.2) is 30.5 Å². The molecule has 3 heteroatoms. The third kappa shape index (κ3) is 1.98. The Morgan fingerprint density at radius 3 is 2.37 bits per heavy atom. The highest BCUT2D eigenvalue weighted by molar-refractivity contribution is 6.10. The van der Waals surface area contributed by atoms with Crippen molar-refractivity contribution in [3.05, 3.63) is 47.2 Å². The molecule has 0 saturated carbocycles. The lowest BCUT2D eigenvalue weighted by Crippen LogP contribution is -2.66. The van der Waals surface area contributed by atoms with E-state index in [0.717, 1.165) is 30.3 Å². The quantitative estimate of drug-likeness (QED) is 0.410. The Morgan fingerprint density at radius 2 is 1.73 bits per heavy atom. The molecule has 0 spiro atoms. The minimum absolute atomic E-state index is 0.0130. The van der Waals surface area contributed by atoms with Gasteiger partial charge < -0.3 is 4.90 Å². The number of hydrogen-bond acceptors (Lipinski definition) is 2. The van der Waals surface area contributed by atoms with Crippen LogP contribution in [0.4, 0.5) is 5.69 Å². The molecular weight excluding hydrogens is 366 g/mol. The first-order valence-electron chi connectivity index (χ1n) is 11.3. The van der Waals surface area contributed by atoms with Crippen molar-refractivity contribution in [2.75, 3.05) is 18.5 Å². The first-order valence-corrected chi connectivity index (χ1v) is 11.3. The molecule has 2 unspecified atom stereocenters. The second-order valence-electron chi connectivity index (χ2n) is 10.5. The molecule has 30 heavy (non-hydrogen) atoms. The highest BCUT2D eigenvalue weighted by atomic mass is 15.2. The van der Waals surface area contributed by atoms with Crippen molar-refractivity contribution in [3.8, 4) is 6.07 Å². The van der Waals surface area contributed by atoms with Gasteiger partial charge in [-0.1, -0.05) is 39.8 Å². The van der Waals surface area contributed by atoms with Gasteiger partial charge in [0.1, 0.15) is 5.69 Å². The van der Waals surface area contributed by atoms with Gasteiger partial charge >= 0.3 is 0 Å². The lowest BCUT2D eigenvalue weighted by molar-refractivity contribution is -0.750. The van der Waals surface area contributed by atoms with Crippen molar-refractivity contribution >= 4 is 27.4 Å². The number of nitriles is 1. The summed E-state index contributed by atoms with van der Waals surface area (Å²) >= 11 is 0. The summed E-state index contributed by atoms with van der Waals surface area (Å²) in [6.45, 7) is 15.2. The van der Waals surface area contributed by atoms with Crippen LogP contribution in [-0.4, -0.2) is 13.6 Å². The molecule has 2 aliphatic rings. The van der Waals surface area contributed by atoms with Crippen molar-refractivity contribution < 1.29 is 4.57 Å². The summed E-state index contributed by atoms with van der Waals surface area (Å²) in [6.07, 6.45) is 4.53. The highest BCUT2D eigenvalue weighted by Gasteiger charge is 2.56. The molecule has 154 valence electrons. The van der Waals surface area contributed by atoms with Gasteiger partial charge in [0.15, 0.2) is 11.7 Å². The number of nitrogens with zero attached hydrogens (tertiary/aromatic N) is 3. The molecule has 0 saturated heterocycles. The lowest BCUT2D eigenvalue weighted by Gasteiger charge is -2.45. The lowest BCUT2D eigenvalue weighted by atomic mass is 9.61. The minimum Gasteiger partial charge on any atom is -0.369 e. The Labute approximate surface area is 179 Å². The normalized spacial score (nSPS) is 26.4. The molecule has 1 aromatic heterocycles. The molecule has 0 N–H and O–H groups in total. The molecule has 3 nitrogen and oxygen atoms in total. The summed E-state index contributed by atoms with van der Waals surface area (Å²) in [4.78, 5) is 2.42. The van der Waals surface area contributed by atoms with Gasteiger partial charge in [0.2, 0.25) is 5.52 Å². The summed E-state index contributed by atoms with van der Waals surface area (Å²) in [5.41, 5.74) is 6.33. The van der Waals surface area contributed by atoms with Crippen LogP contribution in [0.3, 0.4) is 0 Å². The summed E-state index contributed by atoms with van der Waals surface area (Å²) in [6, 6.07) is 11.2. The molecule has 0 aliphatic carbocycles. The van der Waals surface area contributed by atoms with E-state index in [2.05, 4.69) is 88.5 Å². The standard InChI is InChI=1S/C27H32N3/c1-8-26(5)20-13-10-17(14-28)18-11-12-19-23-21(29(7)16-25(23,3)4)15-30(24(19)22(18)20)27(26,6)9-2/h10-13,15H,8-9,16H2,1-7H3/q+1. The highest BCUT2D eigenvalue weighted by Crippen LogP contribution is 2.52. The monoisotopic (exact) mass is 398 g/mol. The molecule has 0 fully saturated rings. The zero-order chi connectivity index (χ0) is 21.6. The van der Waals surface area contributed by atoms with Crippen molar-refractivity contribution in [1.82, 2.24) is 0 Å². The number of fused-ring (bicyclic) bond motifs is 2. The predicted octanol–water partition coefficient (Wildman–Crippen LogP) is 5.69. The molecule has 2 atom stereocenters. The average molecular weight is 399 g/mol. The second-order valence-corrected chi connectivity index (χ2v) is 10.5. The van der Waals surface area contributed by atoms with Gasteiger partial charge in [0, 0.05) is 43.3 Å². The van der Waals surface area contributed by atoms with E-state index in [4.69, 9.17) is 0 Å². The van der Waals surface area contributed by atoms with E-state index in [0.29, 0.717) is 0 Å². The first-order chi connectivity index (χ1) is 14.1. The fourth-order valence-electron chi connectivity index (χ4n) is 6.66. The largest absolute Gasteiger partial charge is 0.369 e. The fourth-order valence-corrected chi connectivity index (χ4v) is 6.66. The molecule has 3 heterocycles. The number of likely N-dealkylation sites (N-methyl/N-ethyl adjacent to an activating group) is 1. The van der Waals surface area contributed by atoms with Crippen LogP contribution in [0, 0.1) is 11.3 Å². The number of benzene rings is 2. The average Bonchev–Trinajstić information content (AvgIpc) is 2.98. The van der Waals surface area contributed by atoms with Gasteiger partial charge in [-0.25, -0.2) is 0 Å². The molecule has 5 rings (SSSR count). The van der Waals surface area contributed by atoms with E-state index in [1.807, 2.05) is 6.07 Å². The molecule has 0 amide bonds. The zero-order valence-corrected chi connectivity index (χ0v) is 19.3. The van der Waals surface area contributed by atoms with Crippen molar-refractivity contribution in [1.29, 1.82) is 5.26 Å². The molecular formula is C27H32N3+. The van der Waals surface area contributed by atoms with Gasteiger partial charge in [-0.15, -0.1) is 0 Å². The summed E-state index contributed by atoms with van der Waals surface area (Å²) in [7, 11) is 2.22. The number of rotatable bonds is 2. The Kier molecular flexibility index (Phi) is 3.72. The van der Waals surface area contributed by atoms with Crippen LogP contribution in [-0.2, 0) is 16.4 Å². The third-order valence-corrected chi connectivity index (χ3v) is 8.72. The Hall–Kier alpha value is -2.60. The summed E-state index contributed by atoms with van der Waals surface area (Å²) in [5.74, 6) is 0. The predicted molar refractivity (Wildman–Crippen MR) is 124 cm³/mol. The van der Waals surface area contributed by atoms with Crippen LogP contribution in [0.5, 0.6) is 0 Å². The molecule has 0 radical (unpaired) electrons. The molecule has 2 aromatic carbocycles. The van der Waals surface area contributed by atoms with Crippen LogP contribution in [0.1, 0.15) is 71.1 Å². The molecule has 3 aromatic rings. The van der Waals surface area contributed by atoms with E-state index < -0.39 is 0 Å². The Morgan fingerprint density at radius 1 is 1.03 bits per heavy atom. The zero-order valence-electron chi connectivity index (χ0n) is 19.3. The van der Waals surface area contributed by atoms with Crippen LogP contribution in [0.2, 0.25) is 0 Å². The van der Waals surface area contributed by atoms with E-state index in [1.165, 1.54) is 33.1 Å². The summed E-state index contributed by atoms with van der Waals surface area (Å²) in [5, 5.41) is 13.6. The van der Waals surface area contributed by atoms with Crippen LogP contribution >= 0.6 is 0 Å².